The van der Waals surface area contributed by atoms with Crippen molar-refractivity contribution in [1.29, 1.82) is 0 Å². The third-order valence-electron chi connectivity index (χ3n) is 4.39. The molecular formula is C20H24N4O4. The molecule has 0 radical (unpaired) electrons. The number of amides is 1. The second-order valence-corrected chi connectivity index (χ2v) is 6.56. The predicted molar refractivity (Wildman–Crippen MR) is 106 cm³/mol. The summed E-state index contributed by atoms with van der Waals surface area (Å²) in [6.45, 7) is 8.23. The molecule has 1 N–H and O–H groups in total. The Hall–Kier alpha value is -3.16. The minimum Gasteiger partial charge on any atom is -0.481 e. The molecule has 2 heterocycles. The van der Waals surface area contributed by atoms with Gasteiger partial charge in [0.25, 0.3) is 5.91 Å². The van der Waals surface area contributed by atoms with E-state index in [1.807, 2.05) is 26.8 Å². The number of aromatic nitrogens is 3. The van der Waals surface area contributed by atoms with Crippen molar-refractivity contribution in [3.8, 4) is 5.75 Å². The first-order valence-corrected chi connectivity index (χ1v) is 9.37. The van der Waals surface area contributed by atoms with Gasteiger partial charge in [-0.25, -0.2) is 9.48 Å². The largest absolute Gasteiger partial charge is 0.481 e. The third-order valence-corrected chi connectivity index (χ3v) is 4.39. The van der Waals surface area contributed by atoms with Crippen molar-refractivity contribution in [2.45, 2.75) is 53.2 Å². The summed E-state index contributed by atoms with van der Waals surface area (Å²) in [4.78, 5) is 28.4. The molecule has 0 bridgehead atoms. The summed E-state index contributed by atoms with van der Waals surface area (Å²) in [5.41, 5.74) is 0.939. The van der Waals surface area contributed by atoms with Gasteiger partial charge in [0.1, 0.15) is 17.2 Å². The summed E-state index contributed by atoms with van der Waals surface area (Å²) >= 11 is 0. The molecule has 3 rings (SSSR count). The van der Waals surface area contributed by atoms with E-state index in [1.165, 1.54) is 6.07 Å². The van der Waals surface area contributed by atoms with Crippen LogP contribution in [0.3, 0.4) is 0 Å². The zero-order chi connectivity index (χ0) is 20.3. The molecule has 148 valence electrons. The van der Waals surface area contributed by atoms with Crippen LogP contribution in [0.25, 0.3) is 11.0 Å². The number of carbonyl (C=O) groups is 1. The normalized spacial score (nSPS) is 12.1. The van der Waals surface area contributed by atoms with Crippen molar-refractivity contribution in [3.63, 3.8) is 0 Å². The van der Waals surface area contributed by atoms with Crippen molar-refractivity contribution in [3.05, 3.63) is 46.1 Å². The van der Waals surface area contributed by atoms with Crippen molar-refractivity contribution in [2.24, 2.45) is 0 Å². The number of ether oxygens (including phenoxy) is 1. The quantitative estimate of drug-likeness (QED) is 0.629. The number of aryl methyl sites for hydroxylation is 3. The maximum Gasteiger partial charge on any atom is 0.336 e. The van der Waals surface area contributed by atoms with Gasteiger partial charge in [0, 0.05) is 24.1 Å². The van der Waals surface area contributed by atoms with E-state index in [0.29, 0.717) is 11.3 Å². The van der Waals surface area contributed by atoms with Crippen molar-refractivity contribution in [1.82, 2.24) is 14.8 Å². The fourth-order valence-corrected chi connectivity index (χ4v) is 2.94. The van der Waals surface area contributed by atoms with Gasteiger partial charge in [-0.15, -0.1) is 5.10 Å². The van der Waals surface area contributed by atoms with Crippen LogP contribution in [-0.4, -0.2) is 26.8 Å². The Morgan fingerprint density at radius 1 is 1.32 bits per heavy atom. The number of hydrogen-bond donors (Lipinski definition) is 1. The highest BCUT2D eigenvalue weighted by molar-refractivity contribution is 5.92. The molecule has 0 aliphatic rings. The summed E-state index contributed by atoms with van der Waals surface area (Å²) < 4.78 is 12.7. The Labute approximate surface area is 162 Å². The Bertz CT molecular complexity index is 1050. The summed E-state index contributed by atoms with van der Waals surface area (Å²) in [6, 6.07) is 6.70. The maximum atomic E-state index is 12.4. The molecule has 1 atom stereocenters. The van der Waals surface area contributed by atoms with Gasteiger partial charge in [-0.05, 0) is 44.4 Å². The van der Waals surface area contributed by atoms with Gasteiger partial charge in [0.05, 0.1) is 0 Å². The zero-order valence-corrected chi connectivity index (χ0v) is 16.5. The molecule has 0 fully saturated rings. The molecule has 8 heteroatoms. The van der Waals surface area contributed by atoms with Gasteiger partial charge in [0.2, 0.25) is 5.95 Å². The molecule has 0 spiro atoms. The molecule has 0 saturated carbocycles. The Kier molecular flexibility index (Phi) is 5.77. The molecule has 2 aromatic heterocycles. The first-order chi connectivity index (χ1) is 13.4. The lowest BCUT2D eigenvalue weighted by Crippen LogP contribution is -2.30. The number of rotatable bonds is 7. The number of carbonyl (C=O) groups excluding carboxylic acids is 1. The number of anilines is 1. The molecule has 8 nitrogen and oxygen atoms in total. The van der Waals surface area contributed by atoms with E-state index in [0.717, 1.165) is 36.2 Å². The van der Waals surface area contributed by atoms with Crippen LogP contribution in [0.1, 0.15) is 38.6 Å². The van der Waals surface area contributed by atoms with E-state index in [-0.39, 0.29) is 11.9 Å². The van der Waals surface area contributed by atoms with Gasteiger partial charge in [-0.2, -0.15) is 4.98 Å². The SMILES string of the molecule is CCCn1nc(NC(=O)C(C)Oc2ccc3c(CC)cc(=O)oc3c2)nc1C. The van der Waals surface area contributed by atoms with E-state index >= 15 is 0 Å². The minimum absolute atomic E-state index is 0.253. The van der Waals surface area contributed by atoms with Crippen LogP contribution >= 0.6 is 0 Å². The number of nitrogens with one attached hydrogen (secondary N) is 1. The van der Waals surface area contributed by atoms with Gasteiger partial charge in [-0.1, -0.05) is 13.8 Å². The van der Waals surface area contributed by atoms with Gasteiger partial charge < -0.3 is 9.15 Å². The standard InChI is InChI=1S/C20H24N4O4/c1-5-9-24-13(4)21-20(23-24)22-19(26)12(3)27-15-7-8-16-14(6-2)10-18(25)28-17(16)11-15/h7-8,10-12H,5-6,9H2,1-4H3,(H,22,23,26). The van der Waals surface area contributed by atoms with E-state index in [9.17, 15) is 9.59 Å². The van der Waals surface area contributed by atoms with E-state index in [2.05, 4.69) is 15.4 Å². The first kappa shape index (κ1) is 19.6. The number of fused-ring (bicyclic) bond motifs is 1. The second-order valence-electron chi connectivity index (χ2n) is 6.56. The lowest BCUT2D eigenvalue weighted by atomic mass is 10.1. The number of hydrogen-bond acceptors (Lipinski definition) is 6. The highest BCUT2D eigenvalue weighted by atomic mass is 16.5. The molecule has 1 aromatic carbocycles. The van der Waals surface area contributed by atoms with Crippen LogP contribution in [0, 0.1) is 6.92 Å². The smallest absolute Gasteiger partial charge is 0.336 e. The molecule has 0 aliphatic heterocycles. The summed E-state index contributed by atoms with van der Waals surface area (Å²) in [5.74, 6) is 1.07. The van der Waals surface area contributed by atoms with E-state index < -0.39 is 11.7 Å². The lowest BCUT2D eigenvalue weighted by molar-refractivity contribution is -0.122. The molecular weight excluding hydrogens is 360 g/mol. The first-order valence-electron chi connectivity index (χ1n) is 9.37. The maximum absolute atomic E-state index is 12.4. The second kappa shape index (κ2) is 8.24. The molecule has 0 saturated heterocycles. The Morgan fingerprint density at radius 2 is 2.11 bits per heavy atom. The van der Waals surface area contributed by atoms with Gasteiger partial charge in [-0.3, -0.25) is 10.1 Å². The molecule has 1 amide bonds. The van der Waals surface area contributed by atoms with Crippen LogP contribution in [0.4, 0.5) is 5.95 Å². The van der Waals surface area contributed by atoms with Crippen LogP contribution in [0.2, 0.25) is 0 Å². The minimum atomic E-state index is -0.781. The van der Waals surface area contributed by atoms with Crippen molar-refractivity contribution < 1.29 is 13.9 Å². The molecule has 0 aliphatic carbocycles. The average Bonchev–Trinajstić information content (AvgIpc) is 2.99. The fourth-order valence-electron chi connectivity index (χ4n) is 2.94. The Morgan fingerprint density at radius 3 is 2.82 bits per heavy atom. The van der Waals surface area contributed by atoms with E-state index in [1.54, 1.807) is 23.7 Å². The highest BCUT2D eigenvalue weighted by Crippen LogP contribution is 2.24. The van der Waals surface area contributed by atoms with Crippen LogP contribution in [0.15, 0.2) is 33.5 Å². The molecule has 28 heavy (non-hydrogen) atoms. The molecule has 3 aromatic rings. The lowest BCUT2D eigenvalue weighted by Gasteiger charge is -2.14. The molecule has 1 unspecified atom stereocenters. The average molecular weight is 384 g/mol. The predicted octanol–water partition coefficient (Wildman–Crippen LogP) is 3.07. The third kappa shape index (κ3) is 4.21. The monoisotopic (exact) mass is 384 g/mol. The topological polar surface area (TPSA) is 99.2 Å². The zero-order valence-electron chi connectivity index (χ0n) is 16.5. The van der Waals surface area contributed by atoms with Gasteiger partial charge >= 0.3 is 5.63 Å². The fraction of sp³-hybridized carbons (Fsp3) is 0.400. The van der Waals surface area contributed by atoms with Crippen LogP contribution in [0.5, 0.6) is 5.75 Å². The Balaban J connectivity index is 1.73. The van der Waals surface area contributed by atoms with E-state index in [4.69, 9.17) is 9.15 Å². The summed E-state index contributed by atoms with van der Waals surface area (Å²) in [5, 5.41) is 7.79. The number of benzene rings is 1. The van der Waals surface area contributed by atoms with Crippen molar-refractivity contribution >= 4 is 22.8 Å². The van der Waals surface area contributed by atoms with Gasteiger partial charge in [0.15, 0.2) is 6.10 Å². The van der Waals surface area contributed by atoms with Crippen LogP contribution in [-0.2, 0) is 17.8 Å². The number of nitrogens with zero attached hydrogens (tertiary/aromatic N) is 3. The summed E-state index contributed by atoms with van der Waals surface area (Å²) in [7, 11) is 0. The van der Waals surface area contributed by atoms with Crippen LogP contribution < -0.4 is 15.7 Å². The highest BCUT2D eigenvalue weighted by Gasteiger charge is 2.18. The summed E-state index contributed by atoms with van der Waals surface area (Å²) in [6.07, 6.45) is 0.865. The van der Waals surface area contributed by atoms with Crippen molar-refractivity contribution in [2.75, 3.05) is 5.32 Å².